The first kappa shape index (κ1) is 22.7. The van der Waals surface area contributed by atoms with Crippen molar-refractivity contribution in [3.05, 3.63) is 59.4 Å². The van der Waals surface area contributed by atoms with Crippen molar-refractivity contribution < 1.29 is 23.4 Å². The highest BCUT2D eigenvalue weighted by molar-refractivity contribution is 5.94. The van der Waals surface area contributed by atoms with Crippen molar-refractivity contribution in [2.75, 3.05) is 32.3 Å². The SMILES string of the molecule is COC1(c2cc(F)cc(OCc3ccc(N(C)C(=O)C4CCCC4)cc3)c2)CCOCC1. The molecule has 0 atom stereocenters. The number of carbonyl (C=O) groups excluding carboxylic acids is 1. The summed E-state index contributed by atoms with van der Waals surface area (Å²) in [6.07, 6.45) is 5.62. The summed E-state index contributed by atoms with van der Waals surface area (Å²) >= 11 is 0. The molecule has 4 rings (SSSR count). The second-order valence-electron chi connectivity index (χ2n) is 8.82. The number of anilines is 1. The van der Waals surface area contributed by atoms with Crippen LogP contribution in [0.25, 0.3) is 0 Å². The van der Waals surface area contributed by atoms with E-state index in [0.717, 1.165) is 42.5 Å². The molecule has 1 saturated carbocycles. The number of benzene rings is 2. The highest BCUT2D eigenvalue weighted by atomic mass is 19.1. The average molecular weight is 442 g/mol. The van der Waals surface area contributed by atoms with Crippen molar-refractivity contribution in [2.45, 2.75) is 50.7 Å². The van der Waals surface area contributed by atoms with Gasteiger partial charge in [-0.1, -0.05) is 25.0 Å². The number of carbonyl (C=O) groups is 1. The lowest BCUT2D eigenvalue weighted by Crippen LogP contribution is -2.35. The normalized spacial score (nSPS) is 18.5. The number of hydrogen-bond acceptors (Lipinski definition) is 4. The Morgan fingerprint density at radius 2 is 1.81 bits per heavy atom. The average Bonchev–Trinajstić information content (AvgIpc) is 3.37. The van der Waals surface area contributed by atoms with Crippen LogP contribution in [0.1, 0.15) is 49.7 Å². The molecule has 2 aliphatic rings. The molecule has 5 nitrogen and oxygen atoms in total. The van der Waals surface area contributed by atoms with E-state index < -0.39 is 5.60 Å². The van der Waals surface area contributed by atoms with Crippen LogP contribution in [0.2, 0.25) is 0 Å². The second kappa shape index (κ2) is 10.0. The minimum atomic E-state index is -0.545. The monoisotopic (exact) mass is 441 g/mol. The molecule has 1 aliphatic carbocycles. The molecule has 2 aromatic carbocycles. The minimum absolute atomic E-state index is 0.149. The number of nitrogens with zero attached hydrogens (tertiary/aromatic N) is 1. The molecule has 172 valence electrons. The highest BCUT2D eigenvalue weighted by Crippen LogP contribution is 2.37. The maximum atomic E-state index is 14.4. The Bertz CT molecular complexity index is 918. The molecule has 0 aromatic heterocycles. The molecule has 1 saturated heterocycles. The number of ether oxygens (including phenoxy) is 3. The van der Waals surface area contributed by atoms with Crippen LogP contribution in [0.5, 0.6) is 5.75 Å². The zero-order chi connectivity index (χ0) is 22.6. The van der Waals surface area contributed by atoms with E-state index in [9.17, 15) is 9.18 Å². The molecule has 2 fully saturated rings. The topological polar surface area (TPSA) is 48.0 Å². The highest BCUT2D eigenvalue weighted by Gasteiger charge is 2.35. The van der Waals surface area contributed by atoms with E-state index in [4.69, 9.17) is 14.2 Å². The summed E-state index contributed by atoms with van der Waals surface area (Å²) in [4.78, 5) is 14.4. The van der Waals surface area contributed by atoms with Gasteiger partial charge in [0.05, 0.1) is 5.60 Å². The zero-order valence-electron chi connectivity index (χ0n) is 18.9. The van der Waals surface area contributed by atoms with Crippen molar-refractivity contribution in [1.29, 1.82) is 0 Å². The van der Waals surface area contributed by atoms with Gasteiger partial charge in [-0.05, 0) is 48.2 Å². The van der Waals surface area contributed by atoms with Crippen LogP contribution in [0.3, 0.4) is 0 Å². The molecule has 1 amide bonds. The molecule has 2 aromatic rings. The molecule has 0 spiro atoms. The summed E-state index contributed by atoms with van der Waals surface area (Å²) in [6, 6.07) is 12.5. The smallest absolute Gasteiger partial charge is 0.229 e. The predicted octanol–water partition coefficient (Wildman–Crippen LogP) is 5.21. The second-order valence-corrected chi connectivity index (χ2v) is 8.82. The van der Waals surface area contributed by atoms with Crippen LogP contribution in [0.4, 0.5) is 10.1 Å². The number of amides is 1. The van der Waals surface area contributed by atoms with Gasteiger partial charge in [-0.3, -0.25) is 4.79 Å². The van der Waals surface area contributed by atoms with Crippen LogP contribution in [-0.2, 0) is 26.5 Å². The number of hydrogen-bond donors (Lipinski definition) is 0. The van der Waals surface area contributed by atoms with Crippen molar-refractivity contribution in [1.82, 2.24) is 0 Å². The fourth-order valence-corrected chi connectivity index (χ4v) is 4.78. The summed E-state index contributed by atoms with van der Waals surface area (Å²) in [6.45, 7) is 1.49. The molecule has 1 heterocycles. The summed E-state index contributed by atoms with van der Waals surface area (Å²) in [5.74, 6) is 0.471. The summed E-state index contributed by atoms with van der Waals surface area (Å²) in [5.41, 5.74) is 2.06. The van der Waals surface area contributed by atoms with Gasteiger partial charge < -0.3 is 19.1 Å². The van der Waals surface area contributed by atoms with Crippen LogP contribution in [0, 0.1) is 11.7 Å². The number of rotatable bonds is 7. The largest absolute Gasteiger partial charge is 0.489 e. The van der Waals surface area contributed by atoms with Gasteiger partial charge in [-0.25, -0.2) is 4.39 Å². The van der Waals surface area contributed by atoms with Crippen LogP contribution < -0.4 is 9.64 Å². The molecule has 32 heavy (non-hydrogen) atoms. The first-order chi connectivity index (χ1) is 15.5. The standard InChI is InChI=1S/C26H32FNO4/c1-28(25(29)20-5-3-4-6-20)23-9-7-19(8-10-23)18-32-24-16-21(15-22(27)17-24)26(30-2)11-13-31-14-12-26/h7-10,15-17,20H,3-6,11-14,18H2,1-2H3. The first-order valence-electron chi connectivity index (χ1n) is 11.4. The number of methoxy groups -OCH3 is 1. The molecule has 0 N–H and O–H groups in total. The molecule has 1 aliphatic heterocycles. The predicted molar refractivity (Wildman–Crippen MR) is 121 cm³/mol. The van der Waals surface area contributed by atoms with Gasteiger partial charge in [0.25, 0.3) is 0 Å². The Morgan fingerprint density at radius 3 is 2.47 bits per heavy atom. The number of halogens is 1. The fraction of sp³-hybridized carbons (Fsp3) is 0.500. The van der Waals surface area contributed by atoms with Gasteiger partial charge in [-0.15, -0.1) is 0 Å². The Balaban J connectivity index is 1.41. The maximum absolute atomic E-state index is 14.4. The van der Waals surface area contributed by atoms with Gasteiger partial charge in [0.1, 0.15) is 18.2 Å². The Kier molecular flexibility index (Phi) is 7.11. The lowest BCUT2D eigenvalue weighted by molar-refractivity contribution is -0.121. The third-order valence-electron chi connectivity index (χ3n) is 6.85. The van der Waals surface area contributed by atoms with E-state index in [-0.39, 0.29) is 17.6 Å². The summed E-state index contributed by atoms with van der Waals surface area (Å²) in [7, 11) is 3.50. The van der Waals surface area contributed by atoms with Crippen molar-refractivity contribution in [2.24, 2.45) is 5.92 Å². The van der Waals surface area contributed by atoms with E-state index in [0.29, 0.717) is 38.4 Å². The van der Waals surface area contributed by atoms with Crippen molar-refractivity contribution in [3.63, 3.8) is 0 Å². The van der Waals surface area contributed by atoms with Gasteiger partial charge in [0.15, 0.2) is 0 Å². The lowest BCUT2D eigenvalue weighted by atomic mass is 9.86. The minimum Gasteiger partial charge on any atom is -0.489 e. The Hall–Kier alpha value is -2.44. The van der Waals surface area contributed by atoms with Crippen LogP contribution >= 0.6 is 0 Å². The van der Waals surface area contributed by atoms with E-state index in [1.165, 1.54) is 12.1 Å². The molecule has 0 bridgehead atoms. The maximum Gasteiger partial charge on any atom is 0.229 e. The summed E-state index contributed by atoms with van der Waals surface area (Å²) < 4.78 is 31.5. The third-order valence-corrected chi connectivity index (χ3v) is 6.85. The molecule has 0 unspecified atom stereocenters. The molecule has 0 radical (unpaired) electrons. The van der Waals surface area contributed by atoms with E-state index >= 15 is 0 Å². The quantitative estimate of drug-likeness (QED) is 0.592. The van der Waals surface area contributed by atoms with Gasteiger partial charge in [0.2, 0.25) is 5.91 Å². The van der Waals surface area contributed by atoms with E-state index in [2.05, 4.69) is 0 Å². The van der Waals surface area contributed by atoms with Crippen LogP contribution in [-0.4, -0.2) is 33.3 Å². The summed E-state index contributed by atoms with van der Waals surface area (Å²) in [5, 5.41) is 0. The molecular formula is C26H32FNO4. The zero-order valence-corrected chi connectivity index (χ0v) is 18.9. The van der Waals surface area contributed by atoms with E-state index in [1.54, 1.807) is 12.0 Å². The molecular weight excluding hydrogens is 409 g/mol. The van der Waals surface area contributed by atoms with Crippen molar-refractivity contribution in [3.8, 4) is 5.75 Å². The lowest BCUT2D eigenvalue weighted by Gasteiger charge is -2.36. The third kappa shape index (κ3) is 4.97. The Morgan fingerprint density at radius 1 is 1.12 bits per heavy atom. The molecule has 6 heteroatoms. The van der Waals surface area contributed by atoms with Gasteiger partial charge in [-0.2, -0.15) is 0 Å². The van der Waals surface area contributed by atoms with Crippen molar-refractivity contribution >= 4 is 11.6 Å². The van der Waals surface area contributed by atoms with Gasteiger partial charge >= 0.3 is 0 Å². The Labute approximate surface area is 189 Å². The van der Waals surface area contributed by atoms with E-state index in [1.807, 2.05) is 37.4 Å². The first-order valence-corrected chi connectivity index (χ1v) is 11.4. The fourth-order valence-electron chi connectivity index (χ4n) is 4.78. The van der Waals surface area contributed by atoms with Crippen LogP contribution in [0.15, 0.2) is 42.5 Å². The van der Waals surface area contributed by atoms with Gasteiger partial charge in [0, 0.05) is 57.9 Å².